The molecule has 0 radical (unpaired) electrons. The van der Waals surface area contributed by atoms with Gasteiger partial charge in [-0.1, -0.05) is 42.5 Å². The fraction of sp³-hybridized carbons (Fsp3) is 0.250. The van der Waals surface area contributed by atoms with Gasteiger partial charge in [-0.3, -0.25) is 0 Å². The Morgan fingerprint density at radius 1 is 1.14 bits per heavy atom. The van der Waals surface area contributed by atoms with Crippen LogP contribution in [0.2, 0.25) is 0 Å². The summed E-state index contributed by atoms with van der Waals surface area (Å²) in [6, 6.07) is 13.4. The highest BCUT2D eigenvalue weighted by molar-refractivity contribution is 5.85. The van der Waals surface area contributed by atoms with Crippen molar-refractivity contribution in [3.8, 4) is 5.75 Å². The number of ether oxygens (including phenoxy) is 1. The van der Waals surface area contributed by atoms with Crippen molar-refractivity contribution >= 4 is 12.4 Å². The molecule has 0 unspecified atom stereocenters. The molecule has 3 nitrogen and oxygen atoms in total. The third-order valence-corrected chi connectivity index (χ3v) is 3.27. The van der Waals surface area contributed by atoms with Crippen molar-refractivity contribution in [3.63, 3.8) is 0 Å². The molecule has 0 aromatic heterocycles. The number of aliphatic hydroxyl groups is 1. The van der Waals surface area contributed by atoms with Gasteiger partial charge in [0.1, 0.15) is 0 Å². The van der Waals surface area contributed by atoms with Crippen LogP contribution in [0.4, 0.5) is 4.39 Å². The average Bonchev–Trinajstić information content (AvgIpc) is 2.48. The van der Waals surface area contributed by atoms with E-state index in [1.54, 1.807) is 12.1 Å². The molecule has 114 valence electrons. The molecule has 2 aromatic rings. The van der Waals surface area contributed by atoms with Crippen molar-refractivity contribution in [3.05, 3.63) is 65.5 Å². The smallest absolute Gasteiger partial charge is 0.169 e. The summed E-state index contributed by atoms with van der Waals surface area (Å²) in [6.45, 7) is 0. The molecule has 0 aliphatic carbocycles. The Hall–Kier alpha value is -1.62. The SMILES string of the molecule is COc1cccc([C@H](N)[C@H](O)Cc2ccccc2)c1F.Cl. The van der Waals surface area contributed by atoms with Gasteiger partial charge in [0.15, 0.2) is 11.6 Å². The maximum absolute atomic E-state index is 14.1. The second kappa shape index (κ2) is 7.98. The minimum atomic E-state index is -0.862. The first-order chi connectivity index (χ1) is 9.63. The Morgan fingerprint density at radius 3 is 2.43 bits per heavy atom. The Kier molecular flexibility index (Phi) is 6.62. The molecule has 21 heavy (non-hydrogen) atoms. The number of halogens is 2. The minimum absolute atomic E-state index is 0. The molecule has 0 saturated carbocycles. The molecule has 2 aromatic carbocycles. The molecule has 0 spiro atoms. The molecule has 0 aliphatic heterocycles. The average molecular weight is 312 g/mol. The normalized spacial score (nSPS) is 13.1. The van der Waals surface area contributed by atoms with Crippen molar-refractivity contribution in [1.82, 2.24) is 0 Å². The lowest BCUT2D eigenvalue weighted by Gasteiger charge is -2.20. The maximum atomic E-state index is 14.1. The molecule has 2 atom stereocenters. The van der Waals surface area contributed by atoms with Gasteiger partial charge in [0.05, 0.1) is 19.3 Å². The van der Waals surface area contributed by atoms with E-state index in [1.165, 1.54) is 13.2 Å². The van der Waals surface area contributed by atoms with Crippen LogP contribution in [0, 0.1) is 5.82 Å². The Balaban J connectivity index is 0.00000220. The number of aliphatic hydroxyl groups excluding tert-OH is 1. The molecule has 3 N–H and O–H groups in total. The summed E-state index contributed by atoms with van der Waals surface area (Å²) in [4.78, 5) is 0. The second-order valence-corrected chi connectivity index (χ2v) is 4.65. The van der Waals surface area contributed by atoms with E-state index in [1.807, 2.05) is 30.3 Å². The molecule has 0 aliphatic rings. The third kappa shape index (κ3) is 4.17. The van der Waals surface area contributed by atoms with E-state index in [-0.39, 0.29) is 23.7 Å². The first kappa shape index (κ1) is 17.4. The maximum Gasteiger partial charge on any atom is 0.169 e. The third-order valence-electron chi connectivity index (χ3n) is 3.27. The molecular formula is C16H19ClFNO2. The van der Waals surface area contributed by atoms with Crippen LogP contribution >= 0.6 is 12.4 Å². The Bertz CT molecular complexity index is 565. The van der Waals surface area contributed by atoms with Gasteiger partial charge in [0.25, 0.3) is 0 Å². The Labute approximate surface area is 130 Å². The van der Waals surface area contributed by atoms with Crippen LogP contribution in [-0.2, 0) is 6.42 Å². The summed E-state index contributed by atoms with van der Waals surface area (Å²) in [7, 11) is 1.40. The van der Waals surface area contributed by atoms with Crippen LogP contribution in [0.15, 0.2) is 48.5 Å². The summed E-state index contributed by atoms with van der Waals surface area (Å²) < 4.78 is 19.0. The van der Waals surface area contributed by atoms with Gasteiger partial charge in [-0.05, 0) is 11.6 Å². The van der Waals surface area contributed by atoms with E-state index < -0.39 is 18.0 Å². The van der Waals surface area contributed by atoms with Crippen molar-refractivity contribution in [1.29, 1.82) is 0 Å². The van der Waals surface area contributed by atoms with Crippen molar-refractivity contribution in [2.45, 2.75) is 18.6 Å². The summed E-state index contributed by atoms with van der Waals surface area (Å²) >= 11 is 0. The fourth-order valence-electron chi connectivity index (χ4n) is 2.13. The van der Waals surface area contributed by atoms with E-state index in [0.29, 0.717) is 6.42 Å². The quantitative estimate of drug-likeness (QED) is 0.892. The first-order valence-electron chi connectivity index (χ1n) is 6.43. The summed E-state index contributed by atoms with van der Waals surface area (Å²) in [5, 5.41) is 10.2. The van der Waals surface area contributed by atoms with E-state index >= 15 is 0 Å². The lowest BCUT2D eigenvalue weighted by molar-refractivity contribution is 0.143. The van der Waals surface area contributed by atoms with E-state index in [2.05, 4.69) is 0 Å². The van der Waals surface area contributed by atoms with Crippen LogP contribution < -0.4 is 10.5 Å². The highest BCUT2D eigenvalue weighted by Gasteiger charge is 2.22. The van der Waals surface area contributed by atoms with Gasteiger partial charge in [-0.25, -0.2) is 4.39 Å². The molecule has 2 rings (SSSR count). The molecule has 0 amide bonds. The molecule has 5 heteroatoms. The van der Waals surface area contributed by atoms with Gasteiger partial charge in [-0.2, -0.15) is 0 Å². The van der Waals surface area contributed by atoms with Crippen molar-refractivity contribution in [2.24, 2.45) is 5.73 Å². The number of rotatable bonds is 5. The van der Waals surface area contributed by atoms with Crippen LogP contribution in [-0.4, -0.2) is 18.3 Å². The zero-order chi connectivity index (χ0) is 14.5. The minimum Gasteiger partial charge on any atom is -0.494 e. The number of nitrogens with two attached hydrogens (primary N) is 1. The van der Waals surface area contributed by atoms with Crippen LogP contribution in [0.25, 0.3) is 0 Å². The molecule has 0 fully saturated rings. The summed E-state index contributed by atoms with van der Waals surface area (Å²) in [5.41, 5.74) is 7.18. The number of benzene rings is 2. The standard InChI is InChI=1S/C16H18FNO2.ClH/c1-20-14-9-5-8-12(15(14)17)16(18)13(19)10-11-6-3-2-4-7-11;/h2-9,13,16,19H,10,18H2,1H3;1H/t13-,16+;/m1./s1. The number of hydrogen-bond acceptors (Lipinski definition) is 3. The largest absolute Gasteiger partial charge is 0.494 e. The van der Waals surface area contributed by atoms with Gasteiger partial charge in [0.2, 0.25) is 0 Å². The highest BCUT2D eigenvalue weighted by Crippen LogP contribution is 2.26. The summed E-state index contributed by atoms with van der Waals surface area (Å²) in [6.07, 6.45) is -0.488. The Morgan fingerprint density at radius 2 is 1.81 bits per heavy atom. The van der Waals surface area contributed by atoms with Crippen LogP contribution in [0.5, 0.6) is 5.75 Å². The molecular weight excluding hydrogens is 293 g/mol. The topological polar surface area (TPSA) is 55.5 Å². The van der Waals surface area contributed by atoms with Gasteiger partial charge in [-0.15, -0.1) is 12.4 Å². The zero-order valence-electron chi connectivity index (χ0n) is 11.7. The molecule has 0 heterocycles. The van der Waals surface area contributed by atoms with Crippen LogP contribution in [0.1, 0.15) is 17.2 Å². The predicted octanol–water partition coefficient (Wildman–Crippen LogP) is 2.86. The van der Waals surface area contributed by atoms with Gasteiger partial charge < -0.3 is 15.6 Å². The summed E-state index contributed by atoms with van der Waals surface area (Å²) in [5.74, 6) is -0.389. The van der Waals surface area contributed by atoms with Gasteiger partial charge >= 0.3 is 0 Å². The van der Waals surface area contributed by atoms with Crippen molar-refractivity contribution < 1.29 is 14.2 Å². The fourth-order valence-corrected chi connectivity index (χ4v) is 2.13. The predicted molar refractivity (Wildman–Crippen MR) is 83.3 cm³/mol. The first-order valence-corrected chi connectivity index (χ1v) is 6.43. The zero-order valence-corrected chi connectivity index (χ0v) is 12.5. The van der Waals surface area contributed by atoms with E-state index in [4.69, 9.17) is 10.5 Å². The lowest BCUT2D eigenvalue weighted by Crippen LogP contribution is -2.29. The van der Waals surface area contributed by atoms with E-state index in [9.17, 15) is 9.50 Å². The van der Waals surface area contributed by atoms with E-state index in [0.717, 1.165) is 5.56 Å². The molecule has 0 bridgehead atoms. The van der Waals surface area contributed by atoms with Crippen LogP contribution in [0.3, 0.4) is 0 Å². The lowest BCUT2D eigenvalue weighted by atomic mass is 9.96. The molecule has 0 saturated heterocycles. The van der Waals surface area contributed by atoms with Crippen molar-refractivity contribution in [2.75, 3.05) is 7.11 Å². The van der Waals surface area contributed by atoms with Gasteiger partial charge in [0, 0.05) is 12.0 Å². The second-order valence-electron chi connectivity index (χ2n) is 4.65. The number of hydrogen-bond donors (Lipinski definition) is 2. The number of methoxy groups -OCH3 is 1. The highest BCUT2D eigenvalue weighted by atomic mass is 35.5. The monoisotopic (exact) mass is 311 g/mol.